The Balaban J connectivity index is 1.51. The summed E-state index contributed by atoms with van der Waals surface area (Å²) in [6.07, 6.45) is 3.01. The van der Waals surface area contributed by atoms with Crippen LogP contribution in [-0.2, 0) is 11.2 Å². The molecule has 0 aromatic heterocycles. The number of nitrogens with one attached hydrogen (secondary N) is 1. The molecule has 0 radical (unpaired) electrons. The fourth-order valence-electron chi connectivity index (χ4n) is 3.42. The molecule has 0 bridgehead atoms. The van der Waals surface area contributed by atoms with Crippen molar-refractivity contribution in [1.29, 1.82) is 0 Å². The van der Waals surface area contributed by atoms with Crippen molar-refractivity contribution in [2.45, 2.75) is 25.7 Å². The molecule has 1 N–H and O–H groups in total. The minimum atomic E-state index is -0.152. The number of likely N-dealkylation sites (tertiary alicyclic amines) is 1. The van der Waals surface area contributed by atoms with Gasteiger partial charge in [0.2, 0.25) is 0 Å². The third-order valence-corrected chi connectivity index (χ3v) is 5.01. The standard InChI is InChI=1S/C22H26N2O3/c1-27-20-12-10-19(11-13-20)23-22(26)24-15-5-8-18(16-24)21(25)14-9-17-6-3-2-4-7-17/h2-4,6-7,10-13,18H,5,8-9,14-16H2,1H3,(H,23,26)/t18-/m0/s1. The van der Waals surface area contributed by atoms with Crippen LogP contribution in [0.15, 0.2) is 54.6 Å². The SMILES string of the molecule is COc1ccc(NC(=O)N2CCC[C@H](C(=O)CCc3ccccc3)C2)cc1. The second-order valence-corrected chi connectivity index (χ2v) is 6.90. The van der Waals surface area contributed by atoms with Crippen LogP contribution in [0.25, 0.3) is 0 Å². The Morgan fingerprint density at radius 2 is 1.85 bits per heavy atom. The number of benzene rings is 2. The first-order valence-electron chi connectivity index (χ1n) is 9.42. The summed E-state index contributed by atoms with van der Waals surface area (Å²) in [5.41, 5.74) is 1.90. The molecule has 1 atom stereocenters. The molecule has 27 heavy (non-hydrogen) atoms. The van der Waals surface area contributed by atoms with E-state index in [0.717, 1.165) is 30.7 Å². The highest BCUT2D eigenvalue weighted by molar-refractivity contribution is 5.90. The van der Waals surface area contributed by atoms with E-state index < -0.39 is 0 Å². The summed E-state index contributed by atoms with van der Waals surface area (Å²) in [4.78, 5) is 26.9. The maximum atomic E-state index is 12.6. The molecule has 0 aliphatic carbocycles. The lowest BCUT2D eigenvalue weighted by Crippen LogP contribution is -2.44. The first-order chi connectivity index (χ1) is 13.2. The number of methoxy groups -OCH3 is 1. The van der Waals surface area contributed by atoms with Gasteiger partial charge in [-0.25, -0.2) is 4.79 Å². The fraction of sp³-hybridized carbons (Fsp3) is 0.364. The smallest absolute Gasteiger partial charge is 0.321 e. The number of Topliss-reactive ketones (excluding diaryl/α,β-unsaturated/α-hetero) is 1. The van der Waals surface area contributed by atoms with E-state index in [1.807, 2.05) is 54.6 Å². The summed E-state index contributed by atoms with van der Waals surface area (Å²) in [5, 5.41) is 2.90. The van der Waals surface area contributed by atoms with Crippen LogP contribution in [0.3, 0.4) is 0 Å². The number of hydrogen-bond acceptors (Lipinski definition) is 3. The van der Waals surface area contributed by atoms with Crippen molar-refractivity contribution < 1.29 is 14.3 Å². The molecule has 1 fully saturated rings. The monoisotopic (exact) mass is 366 g/mol. The minimum Gasteiger partial charge on any atom is -0.497 e. The van der Waals surface area contributed by atoms with Gasteiger partial charge in [0.05, 0.1) is 7.11 Å². The second kappa shape index (κ2) is 9.21. The van der Waals surface area contributed by atoms with Crippen molar-refractivity contribution in [2.75, 3.05) is 25.5 Å². The van der Waals surface area contributed by atoms with Gasteiger partial charge < -0.3 is 15.0 Å². The lowest BCUT2D eigenvalue weighted by Gasteiger charge is -2.32. The zero-order valence-corrected chi connectivity index (χ0v) is 15.7. The van der Waals surface area contributed by atoms with Crippen LogP contribution >= 0.6 is 0 Å². The quantitative estimate of drug-likeness (QED) is 0.836. The van der Waals surface area contributed by atoms with Gasteiger partial charge in [-0.15, -0.1) is 0 Å². The highest BCUT2D eigenvalue weighted by atomic mass is 16.5. The van der Waals surface area contributed by atoms with Crippen molar-refractivity contribution in [1.82, 2.24) is 4.90 Å². The molecule has 5 heteroatoms. The lowest BCUT2D eigenvalue weighted by molar-refractivity contribution is -0.124. The summed E-state index contributed by atoms with van der Waals surface area (Å²) in [6, 6.07) is 17.1. The molecular formula is C22H26N2O3. The van der Waals surface area contributed by atoms with E-state index in [2.05, 4.69) is 5.32 Å². The number of carbonyl (C=O) groups excluding carboxylic acids is 2. The number of ketones is 1. The zero-order valence-electron chi connectivity index (χ0n) is 15.7. The number of ether oxygens (including phenoxy) is 1. The van der Waals surface area contributed by atoms with Gasteiger partial charge in [-0.3, -0.25) is 4.79 Å². The molecule has 0 spiro atoms. The lowest BCUT2D eigenvalue weighted by atomic mass is 9.91. The fourth-order valence-corrected chi connectivity index (χ4v) is 3.42. The van der Waals surface area contributed by atoms with Gasteiger partial charge in [0.1, 0.15) is 11.5 Å². The van der Waals surface area contributed by atoms with Crippen LogP contribution in [-0.4, -0.2) is 36.9 Å². The number of urea groups is 1. The Labute approximate surface area is 160 Å². The Morgan fingerprint density at radius 3 is 2.56 bits per heavy atom. The van der Waals surface area contributed by atoms with Gasteiger partial charge in [-0.05, 0) is 49.1 Å². The summed E-state index contributed by atoms with van der Waals surface area (Å²) in [5.74, 6) is 0.930. The zero-order chi connectivity index (χ0) is 19.1. The number of anilines is 1. The summed E-state index contributed by atoms with van der Waals surface area (Å²) >= 11 is 0. The van der Waals surface area contributed by atoms with Crippen molar-refractivity contribution in [3.05, 3.63) is 60.2 Å². The molecule has 2 aromatic carbocycles. The maximum Gasteiger partial charge on any atom is 0.321 e. The van der Waals surface area contributed by atoms with Gasteiger partial charge >= 0.3 is 6.03 Å². The average Bonchev–Trinajstić information content (AvgIpc) is 2.73. The molecule has 2 amide bonds. The van der Waals surface area contributed by atoms with Gasteiger partial charge in [0, 0.05) is 31.1 Å². The number of carbonyl (C=O) groups is 2. The largest absolute Gasteiger partial charge is 0.497 e. The average molecular weight is 366 g/mol. The number of aryl methyl sites for hydroxylation is 1. The van der Waals surface area contributed by atoms with Crippen molar-refractivity contribution >= 4 is 17.5 Å². The Morgan fingerprint density at radius 1 is 1.11 bits per heavy atom. The topological polar surface area (TPSA) is 58.6 Å². The third-order valence-electron chi connectivity index (χ3n) is 5.01. The van der Waals surface area contributed by atoms with Gasteiger partial charge in [0.15, 0.2) is 0 Å². The van der Waals surface area contributed by atoms with Crippen LogP contribution in [0.1, 0.15) is 24.8 Å². The first kappa shape index (κ1) is 19.0. The first-order valence-corrected chi connectivity index (χ1v) is 9.42. The number of rotatable bonds is 6. The van der Waals surface area contributed by atoms with E-state index in [9.17, 15) is 9.59 Å². The van der Waals surface area contributed by atoms with E-state index in [0.29, 0.717) is 19.5 Å². The van der Waals surface area contributed by atoms with E-state index >= 15 is 0 Å². The molecule has 1 saturated heterocycles. The normalized spacial score (nSPS) is 16.6. The van der Waals surface area contributed by atoms with Gasteiger partial charge in [0.25, 0.3) is 0 Å². The van der Waals surface area contributed by atoms with Gasteiger partial charge in [-0.2, -0.15) is 0 Å². The summed E-state index contributed by atoms with van der Waals surface area (Å²) in [6.45, 7) is 1.18. The Hall–Kier alpha value is -2.82. The van der Waals surface area contributed by atoms with Crippen LogP contribution in [0, 0.1) is 5.92 Å². The molecular weight excluding hydrogens is 340 g/mol. The molecule has 142 valence electrons. The predicted octanol–water partition coefficient (Wildman–Crippen LogP) is 4.14. The van der Waals surface area contributed by atoms with E-state index in [4.69, 9.17) is 4.74 Å². The van der Waals surface area contributed by atoms with Crippen molar-refractivity contribution in [3.8, 4) is 5.75 Å². The van der Waals surface area contributed by atoms with Crippen LogP contribution < -0.4 is 10.1 Å². The second-order valence-electron chi connectivity index (χ2n) is 6.90. The third kappa shape index (κ3) is 5.33. The molecule has 2 aromatic rings. The highest BCUT2D eigenvalue weighted by Gasteiger charge is 2.28. The minimum absolute atomic E-state index is 0.0657. The van der Waals surface area contributed by atoms with Crippen LogP contribution in [0.2, 0.25) is 0 Å². The molecule has 1 aliphatic rings. The molecule has 5 nitrogen and oxygen atoms in total. The molecule has 3 rings (SSSR count). The van der Waals surface area contributed by atoms with E-state index in [1.165, 1.54) is 5.56 Å². The predicted molar refractivity (Wildman–Crippen MR) is 106 cm³/mol. The molecule has 1 aliphatic heterocycles. The Bertz CT molecular complexity index is 759. The van der Waals surface area contributed by atoms with E-state index in [-0.39, 0.29) is 17.7 Å². The number of nitrogens with zero attached hydrogens (tertiary/aromatic N) is 1. The highest BCUT2D eigenvalue weighted by Crippen LogP contribution is 2.21. The number of amides is 2. The van der Waals surface area contributed by atoms with Crippen molar-refractivity contribution in [2.24, 2.45) is 5.92 Å². The Kier molecular flexibility index (Phi) is 6.47. The van der Waals surface area contributed by atoms with Crippen molar-refractivity contribution in [3.63, 3.8) is 0 Å². The maximum absolute atomic E-state index is 12.6. The van der Waals surface area contributed by atoms with Gasteiger partial charge in [-0.1, -0.05) is 30.3 Å². The summed E-state index contributed by atoms with van der Waals surface area (Å²) in [7, 11) is 1.61. The molecule has 1 heterocycles. The summed E-state index contributed by atoms with van der Waals surface area (Å²) < 4.78 is 5.13. The number of piperidine rings is 1. The molecule has 0 saturated carbocycles. The van der Waals surface area contributed by atoms with Crippen LogP contribution in [0.5, 0.6) is 5.75 Å². The molecule has 0 unspecified atom stereocenters. The van der Waals surface area contributed by atoms with Crippen LogP contribution in [0.4, 0.5) is 10.5 Å². The van der Waals surface area contributed by atoms with E-state index in [1.54, 1.807) is 12.0 Å². The number of hydrogen-bond donors (Lipinski definition) is 1.